The molecule has 0 saturated carbocycles. The number of aryl methyl sites for hydroxylation is 1. The Labute approximate surface area is 200 Å². The standard InChI is InChI=1S/C29H30O5/c1-17-10-27-25(11-18(2)34-27)19(3)29(17)21-7-5-6-20(12-21)15-32-23-8-9-24-22(13-28(30)31-4)16-33-26(24)14-23/h5-10,12,14,18,22H,11,13,15-16H2,1-4H3. The molecule has 0 N–H and O–H groups in total. The van der Waals surface area contributed by atoms with E-state index < -0.39 is 0 Å². The predicted molar refractivity (Wildman–Crippen MR) is 131 cm³/mol. The van der Waals surface area contributed by atoms with Crippen molar-refractivity contribution in [3.63, 3.8) is 0 Å². The molecule has 0 amide bonds. The summed E-state index contributed by atoms with van der Waals surface area (Å²) in [4.78, 5) is 11.6. The molecule has 0 spiro atoms. The minimum Gasteiger partial charge on any atom is -0.492 e. The quantitative estimate of drug-likeness (QED) is 0.430. The summed E-state index contributed by atoms with van der Waals surface area (Å²) >= 11 is 0. The second kappa shape index (κ2) is 9.05. The Balaban J connectivity index is 1.32. The lowest BCUT2D eigenvalue weighted by atomic mass is 9.90. The lowest BCUT2D eigenvalue weighted by Gasteiger charge is -2.15. The van der Waals surface area contributed by atoms with Gasteiger partial charge in [-0.15, -0.1) is 0 Å². The third kappa shape index (κ3) is 4.23. The van der Waals surface area contributed by atoms with Crippen molar-refractivity contribution < 1.29 is 23.7 Å². The third-order valence-corrected chi connectivity index (χ3v) is 6.81. The molecular formula is C29H30O5. The molecule has 3 aromatic carbocycles. The molecule has 2 atom stereocenters. The summed E-state index contributed by atoms with van der Waals surface area (Å²) < 4.78 is 22.7. The first-order chi connectivity index (χ1) is 16.4. The van der Waals surface area contributed by atoms with E-state index in [0.717, 1.165) is 34.8 Å². The fourth-order valence-corrected chi connectivity index (χ4v) is 5.12. The molecular weight excluding hydrogens is 428 g/mol. The fraction of sp³-hybridized carbons (Fsp3) is 0.345. The number of rotatable bonds is 6. The maximum absolute atomic E-state index is 11.6. The maximum atomic E-state index is 11.6. The Bertz CT molecular complexity index is 1250. The molecule has 0 saturated heterocycles. The summed E-state index contributed by atoms with van der Waals surface area (Å²) in [5, 5.41) is 0. The van der Waals surface area contributed by atoms with Crippen molar-refractivity contribution in [1.29, 1.82) is 0 Å². The zero-order valence-corrected chi connectivity index (χ0v) is 20.1. The molecule has 176 valence electrons. The van der Waals surface area contributed by atoms with Crippen LogP contribution in [0.2, 0.25) is 0 Å². The molecule has 0 radical (unpaired) electrons. The molecule has 2 unspecified atom stereocenters. The van der Waals surface area contributed by atoms with Crippen LogP contribution < -0.4 is 14.2 Å². The first-order valence-electron chi connectivity index (χ1n) is 11.8. The lowest BCUT2D eigenvalue weighted by Crippen LogP contribution is -2.09. The summed E-state index contributed by atoms with van der Waals surface area (Å²) in [6.45, 7) is 7.41. The number of methoxy groups -OCH3 is 1. The maximum Gasteiger partial charge on any atom is 0.306 e. The van der Waals surface area contributed by atoms with E-state index in [4.69, 9.17) is 18.9 Å². The zero-order valence-electron chi connectivity index (χ0n) is 20.1. The summed E-state index contributed by atoms with van der Waals surface area (Å²) in [6.07, 6.45) is 1.51. The van der Waals surface area contributed by atoms with Crippen LogP contribution >= 0.6 is 0 Å². The molecule has 0 fully saturated rings. The average molecular weight is 459 g/mol. The topological polar surface area (TPSA) is 54.0 Å². The molecule has 2 aliphatic rings. The van der Waals surface area contributed by atoms with Crippen LogP contribution in [-0.2, 0) is 22.6 Å². The van der Waals surface area contributed by atoms with Crippen LogP contribution in [0, 0.1) is 13.8 Å². The van der Waals surface area contributed by atoms with Gasteiger partial charge < -0.3 is 18.9 Å². The normalized spacial score (nSPS) is 18.0. The second-order valence-corrected chi connectivity index (χ2v) is 9.28. The number of benzene rings is 3. The summed E-state index contributed by atoms with van der Waals surface area (Å²) in [6, 6.07) is 16.5. The van der Waals surface area contributed by atoms with Gasteiger partial charge in [-0.1, -0.05) is 24.3 Å². The summed E-state index contributed by atoms with van der Waals surface area (Å²) in [5.74, 6) is 2.36. The molecule has 0 aliphatic carbocycles. The van der Waals surface area contributed by atoms with Gasteiger partial charge in [-0.3, -0.25) is 4.79 Å². The van der Waals surface area contributed by atoms with Crippen molar-refractivity contribution in [2.24, 2.45) is 0 Å². The highest BCUT2D eigenvalue weighted by atomic mass is 16.5. The van der Waals surface area contributed by atoms with E-state index in [9.17, 15) is 4.79 Å². The van der Waals surface area contributed by atoms with Crippen molar-refractivity contribution in [2.45, 2.75) is 52.2 Å². The van der Waals surface area contributed by atoms with Gasteiger partial charge in [-0.05, 0) is 66.8 Å². The van der Waals surface area contributed by atoms with Gasteiger partial charge in [-0.25, -0.2) is 0 Å². The second-order valence-electron chi connectivity index (χ2n) is 9.28. The van der Waals surface area contributed by atoms with E-state index in [0.29, 0.717) is 19.6 Å². The molecule has 3 aromatic rings. The first-order valence-corrected chi connectivity index (χ1v) is 11.8. The Morgan fingerprint density at radius 2 is 1.94 bits per heavy atom. The van der Waals surface area contributed by atoms with Gasteiger partial charge >= 0.3 is 5.97 Å². The molecule has 0 bridgehead atoms. The van der Waals surface area contributed by atoms with Crippen LogP contribution in [0.15, 0.2) is 48.5 Å². The van der Waals surface area contributed by atoms with Crippen molar-refractivity contribution in [2.75, 3.05) is 13.7 Å². The van der Waals surface area contributed by atoms with Gasteiger partial charge in [0, 0.05) is 29.5 Å². The van der Waals surface area contributed by atoms with Crippen molar-refractivity contribution in [1.82, 2.24) is 0 Å². The number of carbonyl (C=O) groups is 1. The lowest BCUT2D eigenvalue weighted by molar-refractivity contribution is -0.141. The molecule has 34 heavy (non-hydrogen) atoms. The third-order valence-electron chi connectivity index (χ3n) is 6.81. The van der Waals surface area contributed by atoms with Gasteiger partial charge in [0.2, 0.25) is 0 Å². The summed E-state index contributed by atoms with van der Waals surface area (Å²) in [5.41, 5.74) is 8.45. The fourth-order valence-electron chi connectivity index (χ4n) is 5.12. The molecule has 2 aliphatic heterocycles. The van der Waals surface area contributed by atoms with Crippen LogP contribution in [0.5, 0.6) is 17.2 Å². The Morgan fingerprint density at radius 1 is 1.09 bits per heavy atom. The van der Waals surface area contributed by atoms with Gasteiger partial charge in [-0.2, -0.15) is 0 Å². The van der Waals surface area contributed by atoms with Crippen LogP contribution in [-0.4, -0.2) is 25.8 Å². The highest BCUT2D eigenvalue weighted by Crippen LogP contribution is 2.40. The Morgan fingerprint density at radius 3 is 2.76 bits per heavy atom. The molecule has 5 heteroatoms. The van der Waals surface area contributed by atoms with Crippen molar-refractivity contribution in [3.05, 3.63) is 76.3 Å². The Hall–Kier alpha value is -3.47. The van der Waals surface area contributed by atoms with E-state index >= 15 is 0 Å². The number of esters is 1. The van der Waals surface area contributed by atoms with Crippen LogP contribution in [0.3, 0.4) is 0 Å². The highest BCUT2D eigenvalue weighted by Gasteiger charge is 2.27. The monoisotopic (exact) mass is 458 g/mol. The number of carbonyl (C=O) groups excluding carboxylic acids is 1. The van der Waals surface area contributed by atoms with Crippen LogP contribution in [0.1, 0.15) is 47.1 Å². The molecule has 5 rings (SSSR count). The SMILES string of the molecule is COC(=O)CC1COc2cc(OCc3cccc(-c4c(C)cc5c(c4C)CC(C)O5)c3)ccc21. The van der Waals surface area contributed by atoms with Gasteiger partial charge in [0.15, 0.2) is 0 Å². The average Bonchev–Trinajstić information content (AvgIpc) is 3.40. The molecule has 5 nitrogen and oxygen atoms in total. The highest BCUT2D eigenvalue weighted by molar-refractivity contribution is 5.75. The van der Waals surface area contributed by atoms with E-state index in [1.165, 1.54) is 34.9 Å². The Kier molecular flexibility index (Phi) is 5.94. The van der Waals surface area contributed by atoms with Crippen LogP contribution in [0.25, 0.3) is 11.1 Å². The van der Waals surface area contributed by atoms with Gasteiger partial charge in [0.05, 0.1) is 20.1 Å². The van der Waals surface area contributed by atoms with E-state index in [1.54, 1.807) is 0 Å². The summed E-state index contributed by atoms with van der Waals surface area (Å²) in [7, 11) is 1.41. The minimum atomic E-state index is -0.224. The zero-order chi connectivity index (χ0) is 23.8. The van der Waals surface area contributed by atoms with E-state index in [1.807, 2.05) is 18.2 Å². The number of ether oxygens (including phenoxy) is 4. The predicted octanol–water partition coefficient (Wildman–Crippen LogP) is 5.91. The molecule has 2 heterocycles. The smallest absolute Gasteiger partial charge is 0.306 e. The van der Waals surface area contributed by atoms with Gasteiger partial charge in [0.25, 0.3) is 0 Å². The van der Waals surface area contributed by atoms with E-state index in [2.05, 4.69) is 51.1 Å². The van der Waals surface area contributed by atoms with Crippen molar-refractivity contribution >= 4 is 5.97 Å². The first kappa shape index (κ1) is 22.3. The number of hydrogen-bond acceptors (Lipinski definition) is 5. The van der Waals surface area contributed by atoms with E-state index in [-0.39, 0.29) is 18.0 Å². The number of fused-ring (bicyclic) bond motifs is 2. The number of hydrogen-bond donors (Lipinski definition) is 0. The van der Waals surface area contributed by atoms with Crippen LogP contribution in [0.4, 0.5) is 0 Å². The minimum absolute atomic E-state index is 0.0281. The largest absolute Gasteiger partial charge is 0.492 e. The van der Waals surface area contributed by atoms with Crippen molar-refractivity contribution in [3.8, 4) is 28.4 Å². The molecule has 0 aromatic heterocycles. The van der Waals surface area contributed by atoms with Gasteiger partial charge in [0.1, 0.15) is 30.0 Å².